The van der Waals surface area contributed by atoms with Gasteiger partial charge in [-0.1, -0.05) is 24.3 Å². The fourth-order valence-corrected chi connectivity index (χ4v) is 2.01. The third-order valence-corrected chi connectivity index (χ3v) is 3.18. The van der Waals surface area contributed by atoms with Crippen LogP contribution in [0.1, 0.15) is 24.2 Å². The average Bonchev–Trinajstić information content (AvgIpc) is 2.49. The van der Waals surface area contributed by atoms with Gasteiger partial charge >= 0.3 is 5.97 Å². The minimum atomic E-state index is -0.838. The van der Waals surface area contributed by atoms with Crippen molar-refractivity contribution in [2.45, 2.75) is 19.4 Å². The lowest BCUT2D eigenvalue weighted by atomic mass is 10.1. The Morgan fingerprint density at radius 2 is 1.62 bits per heavy atom. The predicted molar refractivity (Wildman–Crippen MR) is 79.8 cm³/mol. The summed E-state index contributed by atoms with van der Waals surface area (Å²) in [5.41, 5.74) is 1.80. The number of carboxylic acid groups (broad SMARTS) is 1. The first-order chi connectivity index (χ1) is 10.1. The maximum Gasteiger partial charge on any atom is 0.307 e. The van der Waals surface area contributed by atoms with Crippen LogP contribution in [0.3, 0.4) is 0 Å². The van der Waals surface area contributed by atoms with Crippen LogP contribution in [0.25, 0.3) is 0 Å². The summed E-state index contributed by atoms with van der Waals surface area (Å²) in [6, 6.07) is 14.8. The van der Waals surface area contributed by atoms with Gasteiger partial charge in [-0.05, 0) is 42.3 Å². The molecule has 0 aromatic heterocycles. The van der Waals surface area contributed by atoms with Gasteiger partial charge in [0.05, 0.1) is 13.5 Å². The quantitative estimate of drug-likeness (QED) is 0.883. The van der Waals surface area contributed by atoms with Gasteiger partial charge < -0.3 is 14.6 Å². The highest BCUT2D eigenvalue weighted by molar-refractivity contribution is 5.70. The van der Waals surface area contributed by atoms with Crippen molar-refractivity contribution in [3.05, 3.63) is 59.7 Å². The van der Waals surface area contributed by atoms with Gasteiger partial charge in [0.2, 0.25) is 0 Å². The molecule has 0 spiro atoms. The number of benzene rings is 2. The van der Waals surface area contributed by atoms with E-state index < -0.39 is 5.97 Å². The standard InChI is InChI=1S/C17H18O4/c1-12(14-5-9-15(20-2)10-6-14)21-16-7-3-13(4-8-16)11-17(18)19/h3-10,12H,11H2,1-2H3,(H,18,19). The largest absolute Gasteiger partial charge is 0.497 e. The van der Waals surface area contributed by atoms with Crippen LogP contribution in [-0.2, 0) is 11.2 Å². The smallest absolute Gasteiger partial charge is 0.307 e. The maximum atomic E-state index is 10.6. The second-order valence-corrected chi connectivity index (χ2v) is 4.75. The molecular weight excluding hydrogens is 268 g/mol. The normalized spacial score (nSPS) is 11.7. The molecule has 0 fully saturated rings. The lowest BCUT2D eigenvalue weighted by Gasteiger charge is -2.15. The van der Waals surface area contributed by atoms with Crippen LogP contribution < -0.4 is 9.47 Å². The fraction of sp³-hybridized carbons (Fsp3) is 0.235. The molecule has 4 heteroatoms. The van der Waals surface area contributed by atoms with E-state index in [1.165, 1.54) is 0 Å². The van der Waals surface area contributed by atoms with Crippen molar-refractivity contribution in [1.29, 1.82) is 0 Å². The summed E-state index contributed by atoms with van der Waals surface area (Å²) in [6.07, 6.45) is -0.0739. The van der Waals surface area contributed by atoms with Gasteiger partial charge in [-0.3, -0.25) is 4.79 Å². The number of hydrogen-bond acceptors (Lipinski definition) is 3. The maximum absolute atomic E-state index is 10.6. The van der Waals surface area contributed by atoms with Crippen molar-refractivity contribution < 1.29 is 19.4 Å². The number of aliphatic carboxylic acids is 1. The van der Waals surface area contributed by atoms with Gasteiger partial charge in [0.1, 0.15) is 17.6 Å². The highest BCUT2D eigenvalue weighted by Crippen LogP contribution is 2.23. The summed E-state index contributed by atoms with van der Waals surface area (Å²) in [6.45, 7) is 1.97. The summed E-state index contributed by atoms with van der Waals surface area (Å²) in [7, 11) is 1.63. The van der Waals surface area contributed by atoms with Crippen LogP contribution in [0.2, 0.25) is 0 Å². The molecule has 1 N–H and O–H groups in total. The Bertz CT molecular complexity index is 587. The van der Waals surface area contributed by atoms with Crippen LogP contribution in [0.15, 0.2) is 48.5 Å². The first-order valence-electron chi connectivity index (χ1n) is 6.70. The molecular formula is C17H18O4. The molecule has 0 heterocycles. The second-order valence-electron chi connectivity index (χ2n) is 4.75. The van der Waals surface area contributed by atoms with Crippen molar-refractivity contribution in [2.75, 3.05) is 7.11 Å². The van der Waals surface area contributed by atoms with Gasteiger partial charge in [0.25, 0.3) is 0 Å². The Morgan fingerprint density at radius 1 is 1.05 bits per heavy atom. The first-order valence-corrected chi connectivity index (χ1v) is 6.70. The number of rotatable bonds is 6. The van der Waals surface area contributed by atoms with Gasteiger partial charge in [0.15, 0.2) is 0 Å². The molecule has 2 aromatic carbocycles. The Labute approximate surface area is 123 Å². The molecule has 1 unspecified atom stereocenters. The van der Waals surface area contributed by atoms with Crippen LogP contribution in [0.5, 0.6) is 11.5 Å². The SMILES string of the molecule is COc1ccc(C(C)Oc2ccc(CC(=O)O)cc2)cc1. The van der Waals surface area contributed by atoms with E-state index in [4.69, 9.17) is 14.6 Å². The Balaban J connectivity index is 2.01. The first kappa shape index (κ1) is 14.9. The monoisotopic (exact) mass is 286 g/mol. The molecule has 2 aromatic rings. The number of hydrogen-bond donors (Lipinski definition) is 1. The minimum Gasteiger partial charge on any atom is -0.497 e. The second kappa shape index (κ2) is 6.79. The van der Waals surface area contributed by atoms with E-state index in [1.807, 2.05) is 31.2 Å². The zero-order chi connectivity index (χ0) is 15.2. The van der Waals surface area contributed by atoms with Gasteiger partial charge in [-0.25, -0.2) is 0 Å². The molecule has 0 saturated carbocycles. The summed E-state index contributed by atoms with van der Waals surface area (Å²) < 4.78 is 11.0. The third-order valence-electron chi connectivity index (χ3n) is 3.18. The summed E-state index contributed by atoms with van der Waals surface area (Å²) >= 11 is 0. The van der Waals surface area contributed by atoms with E-state index in [9.17, 15) is 4.79 Å². The molecule has 0 aliphatic heterocycles. The molecule has 0 amide bonds. The molecule has 4 nitrogen and oxygen atoms in total. The van der Waals surface area contributed by atoms with Crippen LogP contribution >= 0.6 is 0 Å². The Kier molecular flexibility index (Phi) is 4.82. The lowest BCUT2D eigenvalue weighted by molar-refractivity contribution is -0.136. The summed E-state index contributed by atoms with van der Waals surface area (Å²) in [5.74, 6) is 0.687. The number of carbonyl (C=O) groups is 1. The van der Waals surface area contributed by atoms with E-state index in [2.05, 4.69) is 0 Å². The molecule has 1 atom stereocenters. The highest BCUT2D eigenvalue weighted by Gasteiger charge is 2.08. The van der Waals surface area contributed by atoms with Crippen LogP contribution in [-0.4, -0.2) is 18.2 Å². The van der Waals surface area contributed by atoms with E-state index >= 15 is 0 Å². The number of methoxy groups -OCH3 is 1. The molecule has 0 aliphatic rings. The van der Waals surface area contributed by atoms with E-state index in [0.717, 1.165) is 16.9 Å². The van der Waals surface area contributed by atoms with Gasteiger partial charge in [0, 0.05) is 0 Å². The fourth-order valence-electron chi connectivity index (χ4n) is 2.01. The predicted octanol–water partition coefficient (Wildman–Crippen LogP) is 3.46. The van der Waals surface area contributed by atoms with Crippen molar-refractivity contribution in [3.8, 4) is 11.5 Å². The highest BCUT2D eigenvalue weighted by atomic mass is 16.5. The Morgan fingerprint density at radius 3 is 2.14 bits per heavy atom. The van der Waals surface area contributed by atoms with Crippen LogP contribution in [0.4, 0.5) is 0 Å². The summed E-state index contributed by atoms with van der Waals surface area (Å²) in [5, 5.41) is 8.73. The van der Waals surface area contributed by atoms with Crippen molar-refractivity contribution >= 4 is 5.97 Å². The molecule has 0 aliphatic carbocycles. The average molecular weight is 286 g/mol. The van der Waals surface area contributed by atoms with Crippen molar-refractivity contribution in [1.82, 2.24) is 0 Å². The molecule has 2 rings (SSSR count). The molecule has 0 bridgehead atoms. The molecule has 21 heavy (non-hydrogen) atoms. The zero-order valence-electron chi connectivity index (χ0n) is 12.1. The Hall–Kier alpha value is -2.49. The molecule has 110 valence electrons. The van der Waals surface area contributed by atoms with E-state index in [-0.39, 0.29) is 12.5 Å². The molecule has 0 saturated heterocycles. The summed E-state index contributed by atoms with van der Waals surface area (Å²) in [4.78, 5) is 10.6. The van der Waals surface area contributed by atoms with Gasteiger partial charge in [-0.2, -0.15) is 0 Å². The zero-order valence-corrected chi connectivity index (χ0v) is 12.1. The van der Waals surface area contributed by atoms with Crippen LogP contribution in [0, 0.1) is 0 Å². The minimum absolute atomic E-state index is 0.0221. The van der Waals surface area contributed by atoms with E-state index in [1.54, 1.807) is 31.4 Å². The third kappa shape index (κ3) is 4.24. The number of ether oxygens (including phenoxy) is 2. The van der Waals surface area contributed by atoms with Gasteiger partial charge in [-0.15, -0.1) is 0 Å². The van der Waals surface area contributed by atoms with E-state index in [0.29, 0.717) is 5.75 Å². The van der Waals surface area contributed by atoms with Crippen molar-refractivity contribution in [2.24, 2.45) is 0 Å². The van der Waals surface area contributed by atoms with Crippen molar-refractivity contribution in [3.63, 3.8) is 0 Å². The lowest BCUT2D eigenvalue weighted by Crippen LogP contribution is -2.03. The molecule has 0 radical (unpaired) electrons. The topological polar surface area (TPSA) is 55.8 Å². The number of carboxylic acids is 1.